The number of anilines is 1. The summed E-state index contributed by atoms with van der Waals surface area (Å²) in [6.45, 7) is 9.96. The van der Waals surface area contributed by atoms with Gasteiger partial charge in [0.15, 0.2) is 5.13 Å². The lowest BCUT2D eigenvalue weighted by Gasteiger charge is -2.23. The Kier molecular flexibility index (Phi) is 8.69. The van der Waals surface area contributed by atoms with E-state index in [1.54, 1.807) is 55.5 Å². The van der Waals surface area contributed by atoms with E-state index in [9.17, 15) is 19.5 Å². The van der Waals surface area contributed by atoms with Gasteiger partial charge in [0.1, 0.15) is 28.7 Å². The zero-order valence-electron chi connectivity index (χ0n) is 22.7. The molecule has 2 heterocycles. The molecular weight excluding hydrogens is 532 g/mol. The van der Waals surface area contributed by atoms with Gasteiger partial charge in [0.2, 0.25) is 0 Å². The van der Waals surface area contributed by atoms with Crippen molar-refractivity contribution in [1.29, 1.82) is 0 Å². The molecule has 2 aromatic carbocycles. The third kappa shape index (κ3) is 5.48. The van der Waals surface area contributed by atoms with E-state index in [4.69, 9.17) is 14.2 Å². The number of aromatic nitrogens is 1. The van der Waals surface area contributed by atoms with E-state index in [-0.39, 0.29) is 21.3 Å². The topological polar surface area (TPSA) is 115 Å². The van der Waals surface area contributed by atoms with Crippen LogP contribution in [0.5, 0.6) is 11.5 Å². The summed E-state index contributed by atoms with van der Waals surface area (Å²) < 4.78 is 16.2. The summed E-state index contributed by atoms with van der Waals surface area (Å²) in [6, 6.07) is 10.9. The minimum atomic E-state index is -1.01. The number of aliphatic hydroxyl groups excluding tert-OH is 1. The summed E-state index contributed by atoms with van der Waals surface area (Å²) in [5, 5.41) is 11.6. The van der Waals surface area contributed by atoms with E-state index in [1.165, 1.54) is 12.0 Å². The molecule has 1 N–H and O–H groups in total. The van der Waals surface area contributed by atoms with Crippen molar-refractivity contribution in [3.63, 3.8) is 0 Å². The number of Topliss-reactive ketones (excluding diaryl/α,β-unsaturated/α-hetero) is 1. The first kappa shape index (κ1) is 28.6. The fraction of sp³-hybridized carbons (Fsp3) is 0.267. The van der Waals surface area contributed by atoms with Crippen LogP contribution in [0.3, 0.4) is 0 Å². The number of aryl methyl sites for hydroxylation is 2. The number of ketones is 1. The van der Waals surface area contributed by atoms with Crippen LogP contribution in [0.15, 0.2) is 60.7 Å². The van der Waals surface area contributed by atoms with Crippen molar-refractivity contribution in [2.75, 3.05) is 25.2 Å². The monoisotopic (exact) mass is 562 g/mol. The highest BCUT2D eigenvalue weighted by atomic mass is 32.1. The number of carbonyl (C=O) groups excluding carboxylic acids is 3. The average molecular weight is 563 g/mol. The number of rotatable bonds is 10. The summed E-state index contributed by atoms with van der Waals surface area (Å²) >= 11 is 0.940. The Balaban J connectivity index is 1.86. The van der Waals surface area contributed by atoms with Crippen LogP contribution >= 0.6 is 11.3 Å². The molecule has 0 unspecified atom stereocenters. The molecule has 0 spiro atoms. The number of hydrogen-bond donors (Lipinski definition) is 1. The zero-order valence-corrected chi connectivity index (χ0v) is 23.5. The van der Waals surface area contributed by atoms with E-state index in [1.807, 2.05) is 13.8 Å². The molecular formula is C30H30N2O7S. The first-order valence-corrected chi connectivity index (χ1v) is 13.5. The van der Waals surface area contributed by atoms with Crippen molar-refractivity contribution < 1.29 is 33.7 Å². The minimum absolute atomic E-state index is 0.0983. The van der Waals surface area contributed by atoms with Gasteiger partial charge >= 0.3 is 11.9 Å². The molecule has 40 heavy (non-hydrogen) atoms. The second-order valence-corrected chi connectivity index (χ2v) is 10.0. The fourth-order valence-corrected chi connectivity index (χ4v) is 5.35. The molecule has 0 radical (unpaired) electrons. The standard InChI is InChI=1S/C30H30N2O7S/c1-6-14-38-21-11-8-19(9-12-21)24-23(25(33)20-10-13-22(17(3)16-20)39-15-7-2)26(34)28(35)32(24)30-31-18(4)27(40-30)29(36)37-5/h6,8-13,16,24,33H,1,7,14-15H2,2-5H3/t24-/m1/s1. The van der Waals surface area contributed by atoms with Crippen LogP contribution in [0, 0.1) is 13.8 Å². The molecule has 4 rings (SSSR count). The lowest BCUT2D eigenvalue weighted by Crippen LogP contribution is -2.29. The van der Waals surface area contributed by atoms with E-state index in [0.29, 0.717) is 41.5 Å². The number of benzene rings is 2. The largest absolute Gasteiger partial charge is 0.507 e. The molecule has 1 aromatic heterocycles. The van der Waals surface area contributed by atoms with Gasteiger partial charge in [-0.15, -0.1) is 0 Å². The summed E-state index contributed by atoms with van der Waals surface area (Å²) in [4.78, 5) is 45.1. The van der Waals surface area contributed by atoms with E-state index >= 15 is 0 Å². The van der Waals surface area contributed by atoms with Crippen LogP contribution in [-0.2, 0) is 14.3 Å². The van der Waals surface area contributed by atoms with E-state index < -0.39 is 23.7 Å². The van der Waals surface area contributed by atoms with E-state index in [2.05, 4.69) is 11.6 Å². The summed E-state index contributed by atoms with van der Waals surface area (Å²) in [6.07, 6.45) is 2.46. The van der Waals surface area contributed by atoms with Crippen molar-refractivity contribution >= 4 is 39.9 Å². The summed E-state index contributed by atoms with van der Waals surface area (Å²) in [7, 11) is 1.25. The maximum Gasteiger partial charge on any atom is 0.350 e. The minimum Gasteiger partial charge on any atom is -0.507 e. The Morgan fingerprint density at radius 3 is 2.50 bits per heavy atom. The summed E-state index contributed by atoms with van der Waals surface area (Å²) in [5.41, 5.74) is 1.93. The lowest BCUT2D eigenvalue weighted by atomic mass is 9.95. The number of nitrogens with zero attached hydrogens (tertiary/aromatic N) is 2. The van der Waals surface area contributed by atoms with Gasteiger partial charge in [0, 0.05) is 5.56 Å². The molecule has 0 aliphatic carbocycles. The highest BCUT2D eigenvalue weighted by molar-refractivity contribution is 7.17. The molecule has 10 heteroatoms. The average Bonchev–Trinajstić information content (AvgIpc) is 3.46. The lowest BCUT2D eigenvalue weighted by molar-refractivity contribution is -0.132. The molecule has 1 aliphatic rings. The van der Waals surface area contributed by atoms with Gasteiger partial charge in [0.05, 0.1) is 31.0 Å². The first-order valence-electron chi connectivity index (χ1n) is 12.7. The fourth-order valence-electron chi connectivity index (χ4n) is 4.34. The number of methoxy groups -OCH3 is 1. The maximum absolute atomic E-state index is 13.5. The number of aliphatic hydroxyl groups is 1. The summed E-state index contributed by atoms with van der Waals surface area (Å²) in [5.74, 6) is -1.44. The Labute approximate surface area is 236 Å². The highest BCUT2D eigenvalue weighted by Crippen LogP contribution is 2.44. The van der Waals surface area contributed by atoms with Gasteiger partial charge < -0.3 is 19.3 Å². The Morgan fingerprint density at radius 2 is 1.88 bits per heavy atom. The molecule has 1 amide bonds. The quantitative estimate of drug-likeness (QED) is 0.113. The van der Waals surface area contributed by atoms with E-state index in [0.717, 1.165) is 23.3 Å². The number of carbonyl (C=O) groups is 3. The zero-order chi connectivity index (χ0) is 29.0. The molecule has 0 saturated carbocycles. The van der Waals surface area contributed by atoms with Crippen molar-refractivity contribution in [2.24, 2.45) is 0 Å². The van der Waals surface area contributed by atoms with Crippen LogP contribution in [0.1, 0.15) is 51.4 Å². The number of ether oxygens (including phenoxy) is 3. The van der Waals surface area contributed by atoms with Crippen molar-refractivity contribution in [2.45, 2.75) is 33.2 Å². The van der Waals surface area contributed by atoms with Crippen molar-refractivity contribution in [3.05, 3.63) is 88.0 Å². The smallest absolute Gasteiger partial charge is 0.350 e. The SMILES string of the molecule is C=CCOc1ccc([C@@H]2C(=C(O)c3ccc(OCCC)c(C)c3)C(=O)C(=O)N2c2nc(C)c(C(=O)OC)s2)cc1. The van der Waals surface area contributed by atoms with Gasteiger partial charge in [-0.2, -0.15) is 0 Å². The molecule has 1 aliphatic heterocycles. The molecule has 1 fully saturated rings. The van der Waals surface area contributed by atoms with Gasteiger partial charge in [-0.3, -0.25) is 14.5 Å². The molecule has 1 atom stereocenters. The number of hydrogen-bond acceptors (Lipinski definition) is 9. The second-order valence-electron chi connectivity index (χ2n) is 9.07. The molecule has 1 saturated heterocycles. The highest BCUT2D eigenvalue weighted by Gasteiger charge is 2.48. The van der Waals surface area contributed by atoms with Crippen LogP contribution < -0.4 is 14.4 Å². The Bertz CT molecular complexity index is 1490. The Hall–Kier alpha value is -4.44. The normalized spacial score (nSPS) is 16.2. The first-order chi connectivity index (χ1) is 19.2. The third-order valence-corrected chi connectivity index (χ3v) is 7.42. The van der Waals surface area contributed by atoms with Crippen LogP contribution in [0.25, 0.3) is 5.76 Å². The van der Waals surface area contributed by atoms with Crippen molar-refractivity contribution in [3.8, 4) is 11.5 Å². The third-order valence-electron chi connectivity index (χ3n) is 6.28. The van der Waals surface area contributed by atoms with Gasteiger partial charge in [-0.25, -0.2) is 9.78 Å². The molecule has 9 nitrogen and oxygen atoms in total. The number of esters is 1. The van der Waals surface area contributed by atoms with Gasteiger partial charge in [-0.05, 0) is 61.7 Å². The van der Waals surface area contributed by atoms with Gasteiger partial charge in [-0.1, -0.05) is 43.0 Å². The molecule has 3 aromatic rings. The number of thiazole rings is 1. The van der Waals surface area contributed by atoms with Crippen LogP contribution in [0.4, 0.5) is 5.13 Å². The maximum atomic E-state index is 13.5. The molecule has 208 valence electrons. The van der Waals surface area contributed by atoms with Gasteiger partial charge in [0.25, 0.3) is 5.78 Å². The van der Waals surface area contributed by atoms with Crippen molar-refractivity contribution in [1.82, 2.24) is 4.98 Å². The second kappa shape index (κ2) is 12.2. The number of amides is 1. The van der Waals surface area contributed by atoms with Crippen LogP contribution in [-0.4, -0.2) is 48.1 Å². The predicted molar refractivity (Wildman–Crippen MR) is 152 cm³/mol. The van der Waals surface area contributed by atoms with Crippen LogP contribution in [0.2, 0.25) is 0 Å². The Morgan fingerprint density at radius 1 is 1.15 bits per heavy atom. The predicted octanol–water partition coefficient (Wildman–Crippen LogP) is 5.53. The molecule has 0 bridgehead atoms.